The van der Waals surface area contributed by atoms with E-state index in [9.17, 15) is 4.79 Å². The molecule has 0 aliphatic rings. The molecule has 5 nitrogen and oxygen atoms in total. The molecule has 0 saturated carbocycles. The highest BCUT2D eigenvalue weighted by molar-refractivity contribution is 5.94. The molecule has 0 aliphatic carbocycles. The van der Waals surface area contributed by atoms with Crippen LogP contribution in [-0.2, 0) is 6.54 Å². The molecule has 0 bridgehead atoms. The van der Waals surface area contributed by atoms with Gasteiger partial charge in [0, 0.05) is 12.1 Å². The minimum atomic E-state index is -0.198. The van der Waals surface area contributed by atoms with Crippen molar-refractivity contribution in [3.05, 3.63) is 59.9 Å². The highest BCUT2D eigenvalue weighted by Crippen LogP contribution is 2.23. The van der Waals surface area contributed by atoms with E-state index in [0.29, 0.717) is 11.3 Å². The number of aryl methyl sites for hydroxylation is 1. The number of carbonyl (C=O) groups is 1. The van der Waals surface area contributed by atoms with Crippen molar-refractivity contribution in [2.75, 3.05) is 7.11 Å². The molecule has 30 heavy (non-hydrogen) atoms. The van der Waals surface area contributed by atoms with Crippen molar-refractivity contribution in [3.63, 3.8) is 0 Å². The predicted molar refractivity (Wildman–Crippen MR) is 122 cm³/mol. The number of imidazole rings is 1. The Hall–Kier alpha value is -2.82. The highest BCUT2D eigenvalue weighted by Gasteiger charge is 2.19. The largest absolute Gasteiger partial charge is 0.497 e. The molecule has 1 aromatic heterocycles. The fourth-order valence-electron chi connectivity index (χ4n) is 3.82. The van der Waals surface area contributed by atoms with E-state index in [4.69, 9.17) is 9.72 Å². The summed E-state index contributed by atoms with van der Waals surface area (Å²) in [6.07, 6.45) is 7.50. The maximum absolute atomic E-state index is 12.8. The van der Waals surface area contributed by atoms with Crippen molar-refractivity contribution in [1.29, 1.82) is 0 Å². The van der Waals surface area contributed by atoms with Crippen LogP contribution in [0.15, 0.2) is 48.5 Å². The number of rotatable bonds is 11. The first-order valence-corrected chi connectivity index (χ1v) is 11.0. The second-order valence-corrected chi connectivity index (χ2v) is 7.81. The van der Waals surface area contributed by atoms with Gasteiger partial charge >= 0.3 is 0 Å². The second kappa shape index (κ2) is 10.8. The summed E-state index contributed by atoms with van der Waals surface area (Å²) in [7, 11) is 1.60. The van der Waals surface area contributed by atoms with Gasteiger partial charge in [-0.15, -0.1) is 0 Å². The number of benzene rings is 2. The molecule has 1 unspecified atom stereocenters. The summed E-state index contributed by atoms with van der Waals surface area (Å²) in [5.41, 5.74) is 2.68. The molecule has 0 spiro atoms. The van der Waals surface area contributed by atoms with Gasteiger partial charge in [0.2, 0.25) is 0 Å². The standard InChI is InChI=1S/C25H33N3O2/c1-4-5-6-7-8-11-17-28-23-16-10-9-15-22(23)27-24(28)19(2)26-25(29)20-13-12-14-21(18-20)30-3/h9-10,12-16,18-19H,4-8,11,17H2,1-3H3,(H,26,29). The Morgan fingerprint density at radius 3 is 2.63 bits per heavy atom. The van der Waals surface area contributed by atoms with Crippen LogP contribution in [0.5, 0.6) is 5.75 Å². The molecule has 160 valence electrons. The van der Waals surface area contributed by atoms with Crippen LogP contribution in [0.3, 0.4) is 0 Å². The summed E-state index contributed by atoms with van der Waals surface area (Å²) in [5, 5.41) is 3.11. The van der Waals surface area contributed by atoms with Crippen molar-refractivity contribution in [2.24, 2.45) is 0 Å². The Morgan fingerprint density at radius 1 is 1.07 bits per heavy atom. The molecule has 0 radical (unpaired) electrons. The zero-order chi connectivity index (χ0) is 21.3. The lowest BCUT2D eigenvalue weighted by molar-refractivity contribution is 0.0937. The molecule has 5 heteroatoms. The number of ether oxygens (including phenoxy) is 1. The number of methoxy groups -OCH3 is 1. The van der Waals surface area contributed by atoms with Crippen molar-refractivity contribution in [3.8, 4) is 5.75 Å². The van der Waals surface area contributed by atoms with Crippen molar-refractivity contribution < 1.29 is 9.53 Å². The molecule has 0 saturated heterocycles. The smallest absolute Gasteiger partial charge is 0.251 e. The van der Waals surface area contributed by atoms with Crippen LogP contribution in [0.2, 0.25) is 0 Å². The van der Waals surface area contributed by atoms with E-state index in [1.54, 1.807) is 19.2 Å². The molecule has 0 aliphatic heterocycles. The van der Waals surface area contributed by atoms with Gasteiger partial charge in [0.05, 0.1) is 24.2 Å². The first kappa shape index (κ1) is 21.9. The van der Waals surface area contributed by atoms with Gasteiger partial charge in [-0.3, -0.25) is 4.79 Å². The van der Waals surface area contributed by atoms with Crippen LogP contribution >= 0.6 is 0 Å². The summed E-state index contributed by atoms with van der Waals surface area (Å²) >= 11 is 0. The molecular weight excluding hydrogens is 374 g/mol. The number of unbranched alkanes of at least 4 members (excludes halogenated alkanes) is 5. The fraction of sp³-hybridized carbons (Fsp3) is 0.440. The fourth-order valence-corrected chi connectivity index (χ4v) is 3.82. The molecular formula is C25H33N3O2. The van der Waals surface area contributed by atoms with Gasteiger partial charge in [0.1, 0.15) is 11.6 Å². The molecule has 3 rings (SSSR count). The van der Waals surface area contributed by atoms with Crippen LogP contribution in [0.1, 0.15) is 74.6 Å². The summed E-state index contributed by atoms with van der Waals surface area (Å²) in [5.74, 6) is 1.45. The van der Waals surface area contributed by atoms with E-state index in [1.165, 1.54) is 32.1 Å². The maximum Gasteiger partial charge on any atom is 0.251 e. The van der Waals surface area contributed by atoms with E-state index in [2.05, 4.69) is 22.9 Å². The van der Waals surface area contributed by atoms with Crippen molar-refractivity contribution in [2.45, 2.75) is 65.0 Å². The lowest BCUT2D eigenvalue weighted by atomic mass is 10.1. The Morgan fingerprint density at radius 2 is 1.83 bits per heavy atom. The lowest BCUT2D eigenvalue weighted by Gasteiger charge is -2.17. The van der Waals surface area contributed by atoms with Gasteiger partial charge in [0.25, 0.3) is 5.91 Å². The summed E-state index contributed by atoms with van der Waals surface area (Å²) < 4.78 is 7.51. The quantitative estimate of drug-likeness (QED) is 0.403. The van der Waals surface area contributed by atoms with Gasteiger partial charge < -0.3 is 14.6 Å². The molecule has 3 aromatic rings. The minimum absolute atomic E-state index is 0.125. The highest BCUT2D eigenvalue weighted by atomic mass is 16.5. The van der Waals surface area contributed by atoms with E-state index >= 15 is 0 Å². The third-order valence-corrected chi connectivity index (χ3v) is 5.49. The average molecular weight is 408 g/mol. The predicted octanol–water partition coefficient (Wildman–Crippen LogP) is 5.90. The van der Waals surface area contributed by atoms with Gasteiger partial charge in [-0.1, -0.05) is 57.2 Å². The van der Waals surface area contributed by atoms with Gasteiger partial charge in [0.15, 0.2) is 0 Å². The van der Waals surface area contributed by atoms with Crippen LogP contribution in [0.25, 0.3) is 11.0 Å². The Labute approximate surface area is 179 Å². The van der Waals surface area contributed by atoms with Crippen LogP contribution in [0.4, 0.5) is 0 Å². The second-order valence-electron chi connectivity index (χ2n) is 7.81. The summed E-state index contributed by atoms with van der Waals surface area (Å²) in [6, 6.07) is 15.2. The third-order valence-electron chi connectivity index (χ3n) is 5.49. The van der Waals surface area contributed by atoms with Crippen molar-refractivity contribution in [1.82, 2.24) is 14.9 Å². The first-order valence-electron chi connectivity index (χ1n) is 11.0. The van der Waals surface area contributed by atoms with Gasteiger partial charge in [-0.25, -0.2) is 4.98 Å². The molecule has 1 N–H and O–H groups in total. The third kappa shape index (κ3) is 5.41. The lowest BCUT2D eigenvalue weighted by Crippen LogP contribution is -2.28. The number of aromatic nitrogens is 2. The van der Waals surface area contributed by atoms with Gasteiger partial charge in [-0.05, 0) is 43.7 Å². The molecule has 1 amide bonds. The number of carbonyl (C=O) groups excluding carboxylic acids is 1. The molecule has 0 fully saturated rings. The van der Waals surface area contributed by atoms with Crippen LogP contribution in [0, 0.1) is 0 Å². The number of hydrogen-bond acceptors (Lipinski definition) is 3. The number of nitrogens with one attached hydrogen (secondary N) is 1. The van der Waals surface area contributed by atoms with E-state index in [1.807, 2.05) is 37.3 Å². The average Bonchev–Trinajstić information content (AvgIpc) is 3.15. The Kier molecular flexibility index (Phi) is 7.89. The number of amides is 1. The normalized spacial score (nSPS) is 12.1. The molecule has 1 atom stereocenters. The zero-order valence-corrected chi connectivity index (χ0v) is 18.4. The van der Waals surface area contributed by atoms with Gasteiger partial charge in [-0.2, -0.15) is 0 Å². The Bertz CT molecular complexity index is 964. The number of fused-ring (bicyclic) bond motifs is 1. The van der Waals surface area contributed by atoms with Crippen LogP contribution < -0.4 is 10.1 Å². The van der Waals surface area contributed by atoms with E-state index < -0.39 is 0 Å². The van der Waals surface area contributed by atoms with Crippen LogP contribution in [-0.4, -0.2) is 22.6 Å². The Balaban J connectivity index is 1.74. The number of nitrogens with zero attached hydrogens (tertiary/aromatic N) is 2. The summed E-state index contributed by atoms with van der Waals surface area (Å²) in [4.78, 5) is 17.6. The monoisotopic (exact) mass is 407 g/mol. The molecule has 1 heterocycles. The number of para-hydroxylation sites is 2. The van der Waals surface area contributed by atoms with E-state index in [-0.39, 0.29) is 11.9 Å². The molecule has 2 aromatic carbocycles. The zero-order valence-electron chi connectivity index (χ0n) is 18.4. The minimum Gasteiger partial charge on any atom is -0.497 e. The maximum atomic E-state index is 12.8. The SMILES string of the molecule is CCCCCCCCn1c(C(C)NC(=O)c2cccc(OC)c2)nc2ccccc21. The van der Waals surface area contributed by atoms with E-state index in [0.717, 1.165) is 29.8 Å². The summed E-state index contributed by atoms with van der Waals surface area (Å²) in [6.45, 7) is 5.16. The number of hydrogen-bond donors (Lipinski definition) is 1. The topological polar surface area (TPSA) is 56.2 Å². The van der Waals surface area contributed by atoms with Crippen molar-refractivity contribution >= 4 is 16.9 Å². The first-order chi connectivity index (χ1) is 14.6.